The molecule has 0 unspecified atom stereocenters. The van der Waals surface area contributed by atoms with Gasteiger partial charge < -0.3 is 4.90 Å². The van der Waals surface area contributed by atoms with E-state index >= 15 is 0 Å². The molecule has 5 aromatic rings. The lowest BCUT2D eigenvalue weighted by atomic mass is 9.70. The Morgan fingerprint density at radius 3 is 2.32 bits per heavy atom. The van der Waals surface area contributed by atoms with Crippen LogP contribution in [0.25, 0.3) is 27.8 Å². The summed E-state index contributed by atoms with van der Waals surface area (Å²) in [5.74, 6) is 0.513. The van der Waals surface area contributed by atoms with Gasteiger partial charge in [-0.1, -0.05) is 54.1 Å². The van der Waals surface area contributed by atoms with Gasteiger partial charge in [0.25, 0.3) is 0 Å². The van der Waals surface area contributed by atoms with Gasteiger partial charge in [0.15, 0.2) is 5.82 Å². The molecular weight excluding hydrogens is 501 g/mol. The van der Waals surface area contributed by atoms with Crippen LogP contribution in [0.5, 0.6) is 0 Å². The molecule has 0 radical (unpaired) electrons. The van der Waals surface area contributed by atoms with Crippen LogP contribution >= 0.6 is 11.6 Å². The molecule has 0 N–H and O–H groups in total. The second-order valence-electron chi connectivity index (χ2n) is 9.64. The van der Waals surface area contributed by atoms with E-state index in [0.717, 1.165) is 22.2 Å². The summed E-state index contributed by atoms with van der Waals surface area (Å²) in [5, 5.41) is 15.1. The monoisotopic (exact) mass is 525 g/mol. The van der Waals surface area contributed by atoms with Crippen LogP contribution in [0.4, 0.5) is 10.2 Å². The Hall–Kier alpha value is -4.10. The summed E-state index contributed by atoms with van der Waals surface area (Å²) >= 11 is 6.58. The second kappa shape index (κ2) is 9.65. The van der Waals surface area contributed by atoms with E-state index < -0.39 is 5.41 Å². The Bertz CT molecular complexity index is 1630. The molecule has 6 nitrogen and oxygen atoms in total. The largest absolute Gasteiger partial charge is 0.353 e. The molecule has 1 aliphatic rings. The van der Waals surface area contributed by atoms with Crippen LogP contribution < -0.4 is 4.90 Å². The number of anilines is 1. The van der Waals surface area contributed by atoms with Gasteiger partial charge in [-0.3, -0.25) is 4.79 Å². The van der Waals surface area contributed by atoms with Crippen molar-refractivity contribution in [2.45, 2.75) is 25.2 Å². The minimum atomic E-state index is -0.519. The summed E-state index contributed by atoms with van der Waals surface area (Å²) in [7, 11) is 0. The van der Waals surface area contributed by atoms with Crippen LogP contribution in [-0.4, -0.2) is 38.9 Å². The number of para-hydroxylation sites is 1. The number of carbonyl (C=O) groups is 1. The molecule has 0 atom stereocenters. The Labute approximate surface area is 224 Å². The van der Waals surface area contributed by atoms with E-state index in [4.69, 9.17) is 16.7 Å². The third-order valence-corrected chi connectivity index (χ3v) is 7.91. The molecule has 3 aromatic carbocycles. The zero-order valence-electron chi connectivity index (χ0n) is 20.8. The lowest BCUT2D eigenvalue weighted by Crippen LogP contribution is -2.47. The third kappa shape index (κ3) is 4.03. The van der Waals surface area contributed by atoms with Crippen LogP contribution in [0.1, 0.15) is 25.3 Å². The molecule has 38 heavy (non-hydrogen) atoms. The van der Waals surface area contributed by atoms with Gasteiger partial charge in [-0.05, 0) is 61.7 Å². The molecule has 1 saturated heterocycles. The predicted octanol–water partition coefficient (Wildman–Crippen LogP) is 6.40. The maximum absolute atomic E-state index is 13.8. The number of halogens is 2. The fraction of sp³-hybridized carbons (Fsp3) is 0.200. The minimum absolute atomic E-state index is 0.175. The number of Topliss-reactive ketones (excluding diaryl/α,β-unsaturated/α-hetero) is 1. The van der Waals surface area contributed by atoms with E-state index in [0.29, 0.717) is 48.0 Å². The smallest absolute Gasteiger partial charge is 0.179 e. The number of rotatable bonds is 5. The van der Waals surface area contributed by atoms with Crippen molar-refractivity contribution in [1.82, 2.24) is 20.0 Å². The molecule has 3 heterocycles. The molecule has 2 aromatic heterocycles. The Morgan fingerprint density at radius 2 is 1.63 bits per heavy atom. The fourth-order valence-electron chi connectivity index (χ4n) is 5.50. The van der Waals surface area contributed by atoms with E-state index in [1.807, 2.05) is 54.6 Å². The first-order chi connectivity index (χ1) is 18.5. The van der Waals surface area contributed by atoms with E-state index in [9.17, 15) is 9.18 Å². The van der Waals surface area contributed by atoms with Crippen LogP contribution in [-0.2, 0) is 10.2 Å². The number of fused-ring (bicyclic) bond motifs is 1. The van der Waals surface area contributed by atoms with Crippen LogP contribution in [0.3, 0.4) is 0 Å². The highest BCUT2D eigenvalue weighted by Crippen LogP contribution is 2.40. The van der Waals surface area contributed by atoms with Crippen LogP contribution in [0, 0.1) is 5.82 Å². The number of piperidine rings is 1. The minimum Gasteiger partial charge on any atom is -0.353 e. The third-order valence-electron chi connectivity index (χ3n) is 7.59. The summed E-state index contributed by atoms with van der Waals surface area (Å²) in [5.41, 5.74) is 3.45. The summed E-state index contributed by atoms with van der Waals surface area (Å²) < 4.78 is 15.6. The van der Waals surface area contributed by atoms with Gasteiger partial charge in [-0.2, -0.15) is 10.2 Å². The number of hydrogen-bond donors (Lipinski definition) is 0. The van der Waals surface area contributed by atoms with Gasteiger partial charge in [-0.15, -0.1) is 5.10 Å². The maximum Gasteiger partial charge on any atom is 0.179 e. The predicted molar refractivity (Wildman–Crippen MR) is 147 cm³/mol. The highest BCUT2D eigenvalue weighted by atomic mass is 35.5. The number of nitrogens with zero attached hydrogens (tertiary/aromatic N) is 5. The van der Waals surface area contributed by atoms with Crippen molar-refractivity contribution in [3.05, 3.63) is 101 Å². The Balaban J connectivity index is 1.45. The average molecular weight is 526 g/mol. The van der Waals surface area contributed by atoms with Crippen molar-refractivity contribution < 1.29 is 9.18 Å². The molecule has 0 spiro atoms. The number of carbonyl (C=O) groups excluding carboxylic acids is 1. The second-order valence-corrected chi connectivity index (χ2v) is 10.0. The number of benzene rings is 3. The highest BCUT2D eigenvalue weighted by molar-refractivity contribution is 6.32. The van der Waals surface area contributed by atoms with Crippen molar-refractivity contribution in [3.8, 4) is 16.9 Å². The normalized spacial score (nSPS) is 15.1. The van der Waals surface area contributed by atoms with Crippen molar-refractivity contribution >= 4 is 34.1 Å². The molecule has 6 rings (SSSR count). The summed E-state index contributed by atoms with van der Waals surface area (Å²) in [4.78, 5) is 15.0. The zero-order valence-corrected chi connectivity index (χ0v) is 21.6. The first kappa shape index (κ1) is 24.2. The van der Waals surface area contributed by atoms with Gasteiger partial charge in [-0.25, -0.2) is 9.07 Å². The first-order valence-corrected chi connectivity index (χ1v) is 12.9. The standard InChI is InChI=1S/C30H25ClFN5O/c1-20(38)30(22-7-3-2-4-8-22)15-17-36(18-16-30)29-27-24(19-33-34-29)28(21-11-13-23(32)14-12-21)37(35-27)26-10-6-5-9-25(26)31/h2-14,19H,15-18H2,1H3. The number of ketones is 1. The number of aromatic nitrogens is 4. The van der Waals surface area contributed by atoms with Crippen molar-refractivity contribution in [2.24, 2.45) is 0 Å². The lowest BCUT2D eigenvalue weighted by Gasteiger charge is -2.41. The van der Waals surface area contributed by atoms with E-state index in [1.165, 1.54) is 12.1 Å². The number of hydrogen-bond acceptors (Lipinski definition) is 5. The maximum atomic E-state index is 13.8. The van der Waals surface area contributed by atoms with Crippen LogP contribution in [0.2, 0.25) is 5.02 Å². The molecule has 190 valence electrons. The lowest BCUT2D eigenvalue weighted by molar-refractivity contribution is -0.123. The van der Waals surface area contributed by atoms with Gasteiger partial charge >= 0.3 is 0 Å². The van der Waals surface area contributed by atoms with Crippen molar-refractivity contribution in [2.75, 3.05) is 18.0 Å². The van der Waals surface area contributed by atoms with Gasteiger partial charge in [0.05, 0.1) is 33.4 Å². The van der Waals surface area contributed by atoms with E-state index in [2.05, 4.69) is 15.1 Å². The van der Waals surface area contributed by atoms with E-state index in [-0.39, 0.29) is 11.6 Å². The van der Waals surface area contributed by atoms with Gasteiger partial charge in [0, 0.05) is 18.7 Å². The molecule has 1 fully saturated rings. The SMILES string of the molecule is CC(=O)C1(c2ccccc2)CCN(c2nncc3c(-c4ccc(F)cc4)n(-c4ccccc4Cl)nc23)CC1. The topological polar surface area (TPSA) is 63.9 Å². The molecule has 0 bridgehead atoms. The molecule has 0 amide bonds. The molecule has 1 aliphatic heterocycles. The fourth-order valence-corrected chi connectivity index (χ4v) is 5.72. The summed E-state index contributed by atoms with van der Waals surface area (Å²) in [6, 6.07) is 23.8. The first-order valence-electron chi connectivity index (χ1n) is 12.5. The average Bonchev–Trinajstić information content (AvgIpc) is 3.34. The molecule has 0 saturated carbocycles. The highest BCUT2D eigenvalue weighted by Gasteiger charge is 2.41. The summed E-state index contributed by atoms with van der Waals surface area (Å²) in [6.07, 6.45) is 3.02. The van der Waals surface area contributed by atoms with Crippen LogP contribution in [0.15, 0.2) is 85.1 Å². The summed E-state index contributed by atoms with van der Waals surface area (Å²) in [6.45, 7) is 2.95. The Morgan fingerprint density at radius 1 is 0.947 bits per heavy atom. The quantitative estimate of drug-likeness (QED) is 0.265. The van der Waals surface area contributed by atoms with Gasteiger partial charge in [0.2, 0.25) is 0 Å². The van der Waals surface area contributed by atoms with Gasteiger partial charge in [0.1, 0.15) is 17.1 Å². The van der Waals surface area contributed by atoms with Crippen molar-refractivity contribution in [3.63, 3.8) is 0 Å². The zero-order chi connectivity index (χ0) is 26.3. The molecule has 8 heteroatoms. The Kier molecular flexibility index (Phi) is 6.16. The molecular formula is C30H25ClFN5O. The van der Waals surface area contributed by atoms with Crippen molar-refractivity contribution in [1.29, 1.82) is 0 Å². The van der Waals surface area contributed by atoms with E-state index in [1.54, 1.807) is 29.9 Å². The molecule has 0 aliphatic carbocycles.